The molecule has 1 aromatic rings. The first-order valence-corrected chi connectivity index (χ1v) is 10.0. The van der Waals surface area contributed by atoms with Crippen molar-refractivity contribution in [2.24, 2.45) is 0 Å². The second-order valence-corrected chi connectivity index (χ2v) is 7.09. The van der Waals surface area contributed by atoms with Gasteiger partial charge in [0.15, 0.2) is 0 Å². The molecule has 0 saturated heterocycles. The van der Waals surface area contributed by atoms with Crippen LogP contribution in [0.25, 0.3) is 0 Å². The Balaban J connectivity index is 2.67. The lowest BCUT2D eigenvalue weighted by atomic mass is 10.1. The van der Waals surface area contributed by atoms with Crippen LogP contribution in [-0.4, -0.2) is 29.4 Å². The molecule has 7 nitrogen and oxygen atoms in total. The summed E-state index contributed by atoms with van der Waals surface area (Å²) >= 11 is 0. The molecule has 0 heterocycles. The van der Waals surface area contributed by atoms with Gasteiger partial charge < -0.3 is 19.8 Å². The van der Waals surface area contributed by atoms with Crippen molar-refractivity contribution in [1.82, 2.24) is 5.32 Å². The third-order valence-electron chi connectivity index (χ3n) is 3.75. The lowest BCUT2D eigenvalue weighted by Crippen LogP contribution is -2.31. The number of hydrogen-bond donors (Lipinski definition) is 3. The minimum absolute atomic E-state index is 0.168. The van der Waals surface area contributed by atoms with Crippen LogP contribution in [0.15, 0.2) is 24.3 Å². The highest BCUT2D eigenvalue weighted by molar-refractivity contribution is 7.46. The van der Waals surface area contributed by atoms with Crippen molar-refractivity contribution in [3.8, 4) is 5.75 Å². The van der Waals surface area contributed by atoms with Crippen LogP contribution >= 0.6 is 7.82 Å². The van der Waals surface area contributed by atoms with Crippen LogP contribution in [0.4, 0.5) is 0 Å². The average Bonchev–Trinajstić information content (AvgIpc) is 2.57. The van der Waals surface area contributed by atoms with E-state index in [1.807, 2.05) is 0 Å². The molecule has 0 fully saturated rings. The van der Waals surface area contributed by atoms with E-state index in [4.69, 9.17) is 14.5 Å². The van der Waals surface area contributed by atoms with Gasteiger partial charge in [-0.1, -0.05) is 44.7 Å². The predicted octanol–water partition coefficient (Wildman–Crippen LogP) is 3.32. The Kier molecular flexibility index (Phi) is 9.75. The van der Waals surface area contributed by atoms with Gasteiger partial charge in [-0.2, -0.15) is 0 Å². The molecule has 0 spiro atoms. The summed E-state index contributed by atoms with van der Waals surface area (Å²) in [6.07, 6.45) is 5.55. The maximum Gasteiger partial charge on any atom is 0.469 e. The van der Waals surface area contributed by atoms with Crippen LogP contribution in [0.3, 0.4) is 0 Å². The number of benzene rings is 1. The summed E-state index contributed by atoms with van der Waals surface area (Å²) in [5, 5.41) is 2.79. The normalized spacial score (nSPS) is 12.6. The van der Waals surface area contributed by atoms with Crippen LogP contribution in [0.5, 0.6) is 5.75 Å². The summed E-state index contributed by atoms with van der Waals surface area (Å²) in [6, 6.07) is 6.29. The lowest BCUT2D eigenvalue weighted by Gasteiger charge is -2.20. The van der Waals surface area contributed by atoms with E-state index in [0.29, 0.717) is 17.7 Å². The third-order valence-corrected chi connectivity index (χ3v) is 4.23. The molecule has 1 aromatic carbocycles. The molecule has 0 aliphatic carbocycles. The highest BCUT2D eigenvalue weighted by Gasteiger charge is 2.21. The summed E-state index contributed by atoms with van der Waals surface area (Å²) in [7, 11) is -3.10. The number of phosphoric acid groups is 1. The van der Waals surface area contributed by atoms with Crippen molar-refractivity contribution in [2.45, 2.75) is 51.5 Å². The number of carbonyl (C=O) groups is 1. The first-order valence-electron chi connectivity index (χ1n) is 8.49. The molecular formula is C17H28NO6P. The van der Waals surface area contributed by atoms with Crippen molar-refractivity contribution < 1.29 is 28.4 Å². The SMILES string of the molecule is CCCCCCCC(=O)N[C@H](COP(=O)(O)O)c1cccc(OC)c1. The molecule has 0 bridgehead atoms. The van der Waals surface area contributed by atoms with Gasteiger partial charge in [-0.05, 0) is 24.1 Å². The van der Waals surface area contributed by atoms with Crippen molar-refractivity contribution >= 4 is 13.7 Å². The monoisotopic (exact) mass is 373 g/mol. The number of phosphoric ester groups is 1. The fraction of sp³-hybridized carbons (Fsp3) is 0.588. The first-order chi connectivity index (χ1) is 11.9. The first kappa shape index (κ1) is 21.6. The van der Waals surface area contributed by atoms with Crippen molar-refractivity contribution in [3.05, 3.63) is 29.8 Å². The van der Waals surface area contributed by atoms with Gasteiger partial charge in [0, 0.05) is 6.42 Å². The Bertz CT molecular complexity index is 574. The quantitative estimate of drug-likeness (QED) is 0.383. The molecule has 1 rings (SSSR count). The Hall–Kier alpha value is -1.40. The maximum atomic E-state index is 12.1. The molecule has 25 heavy (non-hydrogen) atoms. The molecule has 1 amide bonds. The number of carbonyl (C=O) groups excluding carboxylic acids is 1. The zero-order valence-corrected chi connectivity index (χ0v) is 15.7. The lowest BCUT2D eigenvalue weighted by molar-refractivity contribution is -0.122. The van der Waals surface area contributed by atoms with Crippen molar-refractivity contribution in [1.29, 1.82) is 0 Å². The molecule has 0 aromatic heterocycles. The fourth-order valence-corrected chi connectivity index (χ4v) is 2.75. The Labute approximate surface area is 149 Å². The Morgan fingerprint density at radius 2 is 1.96 bits per heavy atom. The van der Waals surface area contributed by atoms with Gasteiger partial charge in [-0.3, -0.25) is 9.32 Å². The fourth-order valence-electron chi connectivity index (χ4n) is 2.41. The average molecular weight is 373 g/mol. The zero-order valence-electron chi connectivity index (χ0n) is 14.8. The van der Waals surface area contributed by atoms with Gasteiger partial charge in [0.25, 0.3) is 0 Å². The summed E-state index contributed by atoms with van der Waals surface area (Å²) in [4.78, 5) is 30.0. The maximum absolute atomic E-state index is 12.1. The van der Waals surface area contributed by atoms with Gasteiger partial charge >= 0.3 is 7.82 Å². The van der Waals surface area contributed by atoms with Gasteiger partial charge in [-0.25, -0.2) is 4.57 Å². The molecule has 1 atom stereocenters. The zero-order chi connectivity index (χ0) is 18.7. The summed E-state index contributed by atoms with van der Waals surface area (Å²) in [5.74, 6) is 0.422. The second-order valence-electron chi connectivity index (χ2n) is 5.85. The molecule has 0 aliphatic heterocycles. The van der Waals surface area contributed by atoms with E-state index in [9.17, 15) is 9.36 Å². The number of hydrogen-bond acceptors (Lipinski definition) is 4. The number of rotatable bonds is 12. The van der Waals surface area contributed by atoms with E-state index in [1.54, 1.807) is 24.3 Å². The minimum atomic E-state index is -4.62. The smallest absolute Gasteiger partial charge is 0.469 e. The van der Waals surface area contributed by atoms with Crippen LogP contribution < -0.4 is 10.1 Å². The van der Waals surface area contributed by atoms with E-state index in [0.717, 1.165) is 32.1 Å². The van der Waals surface area contributed by atoms with E-state index < -0.39 is 13.9 Å². The van der Waals surface area contributed by atoms with E-state index >= 15 is 0 Å². The molecule has 8 heteroatoms. The number of amides is 1. The van der Waals surface area contributed by atoms with Crippen molar-refractivity contribution in [2.75, 3.05) is 13.7 Å². The van der Waals surface area contributed by atoms with Crippen LogP contribution in [0.2, 0.25) is 0 Å². The summed E-state index contributed by atoms with van der Waals surface area (Å²) in [6.45, 7) is 1.81. The van der Waals surface area contributed by atoms with Crippen LogP contribution in [-0.2, 0) is 13.9 Å². The number of ether oxygens (including phenoxy) is 1. The van der Waals surface area contributed by atoms with Crippen LogP contribution in [0, 0.1) is 0 Å². The number of unbranched alkanes of at least 4 members (excludes halogenated alkanes) is 4. The van der Waals surface area contributed by atoms with E-state index in [-0.39, 0.29) is 12.5 Å². The highest BCUT2D eigenvalue weighted by atomic mass is 31.2. The molecule has 0 radical (unpaired) electrons. The third kappa shape index (κ3) is 9.60. The summed E-state index contributed by atoms with van der Waals surface area (Å²) < 4.78 is 20.7. The molecule has 0 saturated carbocycles. The van der Waals surface area contributed by atoms with Gasteiger partial charge in [0.1, 0.15) is 5.75 Å². The topological polar surface area (TPSA) is 105 Å². The molecule has 0 aliphatic rings. The predicted molar refractivity (Wildman–Crippen MR) is 95.2 cm³/mol. The number of methoxy groups -OCH3 is 1. The Morgan fingerprint density at radius 1 is 1.24 bits per heavy atom. The highest BCUT2D eigenvalue weighted by Crippen LogP contribution is 2.37. The molecule has 142 valence electrons. The van der Waals surface area contributed by atoms with Gasteiger partial charge in [0.2, 0.25) is 5.91 Å². The minimum Gasteiger partial charge on any atom is -0.497 e. The van der Waals surface area contributed by atoms with Crippen LogP contribution in [0.1, 0.15) is 57.1 Å². The molecule has 3 N–H and O–H groups in total. The van der Waals surface area contributed by atoms with Gasteiger partial charge in [0.05, 0.1) is 19.8 Å². The Morgan fingerprint density at radius 3 is 2.60 bits per heavy atom. The number of nitrogens with one attached hydrogen (secondary N) is 1. The largest absolute Gasteiger partial charge is 0.497 e. The standard InChI is InChI=1S/C17H28NO6P/c1-3-4-5-6-7-11-17(19)18-16(13-24-25(20,21)22)14-9-8-10-15(12-14)23-2/h8-10,12,16H,3-7,11,13H2,1-2H3,(H,18,19)(H2,20,21,22)/t16-/m1/s1. The van der Waals surface area contributed by atoms with E-state index in [1.165, 1.54) is 7.11 Å². The van der Waals surface area contributed by atoms with E-state index in [2.05, 4.69) is 16.8 Å². The van der Waals surface area contributed by atoms with Crippen molar-refractivity contribution in [3.63, 3.8) is 0 Å². The molecular weight excluding hydrogens is 345 g/mol. The molecule has 0 unspecified atom stereocenters. The summed E-state index contributed by atoms with van der Waals surface area (Å²) in [5.41, 5.74) is 0.659. The van der Waals surface area contributed by atoms with Gasteiger partial charge in [-0.15, -0.1) is 0 Å². The second kappa shape index (κ2) is 11.3.